The van der Waals surface area contributed by atoms with Gasteiger partial charge in [0, 0.05) is 34.0 Å². The van der Waals surface area contributed by atoms with E-state index in [0.29, 0.717) is 55.6 Å². The van der Waals surface area contributed by atoms with Crippen molar-refractivity contribution in [2.45, 2.75) is 13.8 Å². The first-order chi connectivity index (χ1) is 17.8. The molecular formula is C26H24Cl3N7O. The summed E-state index contributed by atoms with van der Waals surface area (Å²) in [6.45, 7) is 7.61. The predicted molar refractivity (Wildman–Crippen MR) is 153 cm³/mol. The molecule has 1 amide bonds. The standard InChI is InChI=1S/C17H10Cl3N5.C9H14N2O/c18-9-1-4-11(5-2-9)25-16(12-6-3-10(19)7-13(12)20)24-14-15(21)22-8-23-17(14)25;1-4-6-8(7-10-3)9(12)11-5-2/h1-8H,(H2,21,22,23);4,6-7H,3,5H2,1-2H3,(H,11,12)/b;6-4-,8-7+. The molecule has 11 heteroatoms. The van der Waals surface area contributed by atoms with Crippen LogP contribution in [-0.4, -0.2) is 38.7 Å². The number of hydrogen-bond donors (Lipinski definition) is 2. The molecule has 0 fully saturated rings. The number of imidazole rings is 1. The summed E-state index contributed by atoms with van der Waals surface area (Å²) in [6, 6.07) is 12.6. The normalized spacial score (nSPS) is 11.3. The maximum atomic E-state index is 11.2. The minimum absolute atomic E-state index is 0.122. The van der Waals surface area contributed by atoms with E-state index in [-0.39, 0.29) is 5.91 Å². The van der Waals surface area contributed by atoms with E-state index in [2.05, 4.69) is 32.0 Å². The number of carbonyl (C=O) groups is 1. The molecule has 8 nitrogen and oxygen atoms in total. The Kier molecular flexibility index (Phi) is 9.79. The molecule has 2 aromatic heterocycles. The Bertz CT molecular complexity index is 1480. The highest BCUT2D eigenvalue weighted by Crippen LogP contribution is 2.34. The van der Waals surface area contributed by atoms with E-state index in [0.717, 1.165) is 5.69 Å². The minimum Gasteiger partial charge on any atom is -0.382 e. The van der Waals surface area contributed by atoms with Crippen molar-refractivity contribution < 1.29 is 4.79 Å². The van der Waals surface area contributed by atoms with Crippen LogP contribution in [0, 0.1) is 0 Å². The molecule has 4 aromatic rings. The Labute approximate surface area is 229 Å². The van der Waals surface area contributed by atoms with Crippen LogP contribution in [0.15, 0.2) is 77.7 Å². The van der Waals surface area contributed by atoms with E-state index >= 15 is 0 Å². The van der Waals surface area contributed by atoms with Gasteiger partial charge in [-0.2, -0.15) is 0 Å². The van der Waals surface area contributed by atoms with Gasteiger partial charge in [-0.3, -0.25) is 14.4 Å². The van der Waals surface area contributed by atoms with Crippen molar-refractivity contribution in [2.24, 2.45) is 4.99 Å². The number of rotatable bonds is 6. The van der Waals surface area contributed by atoms with Gasteiger partial charge in [0.1, 0.15) is 12.2 Å². The average molecular weight is 557 g/mol. The fraction of sp³-hybridized carbons (Fsp3) is 0.115. The van der Waals surface area contributed by atoms with Gasteiger partial charge in [0.05, 0.1) is 10.6 Å². The number of benzene rings is 2. The van der Waals surface area contributed by atoms with Crippen molar-refractivity contribution in [1.82, 2.24) is 24.8 Å². The van der Waals surface area contributed by atoms with E-state index < -0.39 is 0 Å². The number of fused-ring (bicyclic) bond motifs is 1. The maximum Gasteiger partial charge on any atom is 0.252 e. The van der Waals surface area contributed by atoms with Crippen LogP contribution >= 0.6 is 34.8 Å². The van der Waals surface area contributed by atoms with E-state index in [4.69, 9.17) is 40.5 Å². The van der Waals surface area contributed by atoms with Crippen molar-refractivity contribution in [3.05, 3.63) is 87.8 Å². The number of carbonyl (C=O) groups excluding carboxylic acids is 1. The number of anilines is 1. The highest BCUT2D eigenvalue weighted by atomic mass is 35.5. The summed E-state index contributed by atoms with van der Waals surface area (Å²) >= 11 is 18.4. The highest BCUT2D eigenvalue weighted by molar-refractivity contribution is 6.36. The zero-order valence-electron chi connectivity index (χ0n) is 20.1. The molecule has 37 heavy (non-hydrogen) atoms. The van der Waals surface area contributed by atoms with Gasteiger partial charge in [-0.1, -0.05) is 47.0 Å². The number of likely N-dealkylation sites (N-methyl/N-ethyl adjacent to an activating group) is 1. The smallest absolute Gasteiger partial charge is 0.252 e. The summed E-state index contributed by atoms with van der Waals surface area (Å²) in [5, 5.41) is 4.32. The summed E-state index contributed by atoms with van der Waals surface area (Å²) in [4.78, 5) is 27.7. The number of aromatic nitrogens is 4. The highest BCUT2D eigenvalue weighted by Gasteiger charge is 2.19. The lowest BCUT2D eigenvalue weighted by molar-refractivity contribution is -0.117. The zero-order chi connectivity index (χ0) is 26.9. The van der Waals surface area contributed by atoms with Crippen molar-refractivity contribution in [3.8, 4) is 17.1 Å². The third kappa shape index (κ3) is 6.74. The fourth-order valence-corrected chi connectivity index (χ4v) is 3.93. The summed E-state index contributed by atoms with van der Waals surface area (Å²) in [5.41, 5.74) is 9.11. The van der Waals surface area contributed by atoms with Crippen LogP contribution in [0.4, 0.5) is 5.82 Å². The van der Waals surface area contributed by atoms with Gasteiger partial charge in [-0.25, -0.2) is 15.0 Å². The van der Waals surface area contributed by atoms with Crippen LogP contribution in [0.1, 0.15) is 13.8 Å². The Morgan fingerprint density at radius 1 is 1.14 bits per heavy atom. The van der Waals surface area contributed by atoms with Crippen molar-refractivity contribution in [1.29, 1.82) is 0 Å². The molecule has 0 aliphatic rings. The monoisotopic (exact) mass is 555 g/mol. The first-order valence-corrected chi connectivity index (χ1v) is 12.2. The first kappa shape index (κ1) is 27.9. The van der Waals surface area contributed by atoms with Crippen LogP contribution in [-0.2, 0) is 4.79 Å². The van der Waals surface area contributed by atoms with Crippen LogP contribution in [0.5, 0.6) is 0 Å². The van der Waals surface area contributed by atoms with Gasteiger partial charge in [-0.05, 0) is 63.0 Å². The fourth-order valence-electron chi connectivity index (χ4n) is 3.31. The Morgan fingerprint density at radius 2 is 1.84 bits per heavy atom. The molecule has 0 bridgehead atoms. The molecule has 0 radical (unpaired) electrons. The predicted octanol–water partition coefficient (Wildman–Crippen LogP) is 6.31. The first-order valence-electron chi connectivity index (χ1n) is 11.1. The van der Waals surface area contributed by atoms with Crippen LogP contribution in [0.25, 0.3) is 28.2 Å². The van der Waals surface area contributed by atoms with Gasteiger partial charge in [-0.15, -0.1) is 0 Å². The summed E-state index contributed by atoms with van der Waals surface area (Å²) < 4.78 is 1.86. The number of halogens is 3. The molecule has 4 rings (SSSR count). The Morgan fingerprint density at radius 3 is 2.46 bits per heavy atom. The molecule has 0 spiro atoms. The van der Waals surface area contributed by atoms with E-state index in [1.54, 1.807) is 36.4 Å². The molecule has 190 valence electrons. The molecule has 3 N–H and O–H groups in total. The van der Waals surface area contributed by atoms with Crippen molar-refractivity contribution in [3.63, 3.8) is 0 Å². The SMILES string of the molecule is C=N/C=C(\C=C/C)C(=O)NCC.Nc1ncnc2c1nc(-c1ccc(Cl)cc1Cl)n2-c1ccc(Cl)cc1. The van der Waals surface area contributed by atoms with E-state index in [1.807, 2.05) is 36.6 Å². The van der Waals surface area contributed by atoms with E-state index in [9.17, 15) is 4.79 Å². The minimum atomic E-state index is -0.122. The molecular weight excluding hydrogens is 533 g/mol. The zero-order valence-corrected chi connectivity index (χ0v) is 22.4. The van der Waals surface area contributed by atoms with Crippen LogP contribution in [0.3, 0.4) is 0 Å². The molecule has 0 aliphatic carbocycles. The van der Waals surface area contributed by atoms with Gasteiger partial charge in [0.25, 0.3) is 5.91 Å². The number of nitrogens with zero attached hydrogens (tertiary/aromatic N) is 5. The molecule has 0 aliphatic heterocycles. The number of allylic oxidation sites excluding steroid dienone is 1. The molecule has 0 saturated heterocycles. The molecule has 2 heterocycles. The largest absolute Gasteiger partial charge is 0.382 e. The number of amides is 1. The second kappa shape index (κ2) is 13.0. The van der Waals surface area contributed by atoms with Gasteiger partial charge in [0.2, 0.25) is 0 Å². The Hall–Kier alpha value is -3.72. The summed E-state index contributed by atoms with van der Waals surface area (Å²) in [6.07, 6.45) is 6.32. The van der Waals surface area contributed by atoms with Crippen molar-refractivity contribution in [2.75, 3.05) is 12.3 Å². The number of aliphatic imine (C=N–C) groups is 1. The van der Waals surface area contributed by atoms with Gasteiger partial charge >= 0.3 is 0 Å². The second-order valence-corrected chi connectivity index (χ2v) is 8.71. The topological polar surface area (TPSA) is 111 Å². The quantitative estimate of drug-likeness (QED) is 0.164. The number of nitrogens with two attached hydrogens (primary N) is 1. The van der Waals surface area contributed by atoms with Gasteiger partial charge < -0.3 is 11.1 Å². The lowest BCUT2D eigenvalue weighted by atomic mass is 10.2. The molecule has 2 aromatic carbocycles. The molecule has 0 atom stereocenters. The lowest BCUT2D eigenvalue weighted by Crippen LogP contribution is -2.23. The second-order valence-electron chi connectivity index (χ2n) is 7.43. The van der Waals surface area contributed by atoms with Crippen LogP contribution in [0.2, 0.25) is 15.1 Å². The third-order valence-corrected chi connectivity index (χ3v) is 5.71. The van der Waals surface area contributed by atoms with Crippen molar-refractivity contribution >= 4 is 64.4 Å². The van der Waals surface area contributed by atoms with E-state index in [1.165, 1.54) is 12.5 Å². The Balaban J connectivity index is 0.000000270. The summed E-state index contributed by atoms with van der Waals surface area (Å²) in [7, 11) is 0. The lowest BCUT2D eigenvalue weighted by Gasteiger charge is -2.10. The number of hydrogen-bond acceptors (Lipinski definition) is 6. The average Bonchev–Trinajstić information content (AvgIpc) is 3.25. The number of nitrogens with one attached hydrogen (secondary N) is 1. The third-order valence-electron chi connectivity index (χ3n) is 4.91. The summed E-state index contributed by atoms with van der Waals surface area (Å²) in [5.74, 6) is 0.762. The molecule has 0 unspecified atom stereocenters. The maximum absolute atomic E-state index is 11.2. The van der Waals surface area contributed by atoms with Crippen LogP contribution < -0.4 is 11.1 Å². The van der Waals surface area contributed by atoms with Gasteiger partial charge in [0.15, 0.2) is 17.0 Å². The molecule has 0 saturated carbocycles. The number of nitrogen functional groups attached to an aromatic ring is 1.